The minimum absolute atomic E-state index is 0.0574. The van der Waals surface area contributed by atoms with Crippen LogP contribution in [0.15, 0.2) is 12.7 Å². The number of carbonyl (C=O) groups excluding carboxylic acids is 1. The van der Waals surface area contributed by atoms with Gasteiger partial charge in [-0.3, -0.25) is 4.79 Å². The fraction of sp³-hybridized carbons (Fsp3) is 0.914. The van der Waals surface area contributed by atoms with Gasteiger partial charge in [-0.15, -0.1) is 6.58 Å². The second-order valence-electron chi connectivity index (χ2n) is 11.6. The molecule has 220 valence electrons. The van der Waals surface area contributed by atoms with Gasteiger partial charge >= 0.3 is 5.97 Å². The number of ether oxygens (including phenoxy) is 1. The van der Waals surface area contributed by atoms with E-state index < -0.39 is 0 Å². The van der Waals surface area contributed by atoms with Crippen molar-refractivity contribution in [3.05, 3.63) is 12.7 Å². The minimum Gasteiger partial charge on any atom is -0.462 e. The van der Waals surface area contributed by atoms with E-state index in [-0.39, 0.29) is 12.1 Å². The van der Waals surface area contributed by atoms with Crippen molar-refractivity contribution in [2.45, 2.75) is 206 Å². The number of hydrogen-bond donors (Lipinski definition) is 0. The lowest BCUT2D eigenvalue weighted by Gasteiger charge is -2.18. The molecule has 0 saturated carbocycles. The van der Waals surface area contributed by atoms with E-state index in [0.29, 0.717) is 6.42 Å². The number of carbonyl (C=O) groups is 1. The van der Waals surface area contributed by atoms with E-state index in [9.17, 15) is 4.79 Å². The van der Waals surface area contributed by atoms with Crippen LogP contribution in [0.5, 0.6) is 0 Å². The molecule has 1 atom stereocenters. The number of unbranched alkanes of at least 4 members (excludes halogenated alkanes) is 23. The van der Waals surface area contributed by atoms with Gasteiger partial charge in [-0.05, 0) is 44.9 Å². The Hall–Kier alpha value is -0.790. The standard InChI is InChI=1S/C35H68O2/c1-4-7-10-13-16-17-18-19-20-21-24-27-30-33-35(36)37-34(31-28-25-22-14-11-8-5-2)32-29-26-23-15-12-9-6-3/h5,34H,2,4,6-33H2,1,3H3. The largest absolute Gasteiger partial charge is 0.462 e. The number of esters is 1. The smallest absolute Gasteiger partial charge is 0.306 e. The van der Waals surface area contributed by atoms with Crippen LogP contribution in [-0.4, -0.2) is 12.1 Å². The first-order chi connectivity index (χ1) is 18.2. The highest BCUT2D eigenvalue weighted by molar-refractivity contribution is 5.69. The van der Waals surface area contributed by atoms with E-state index in [1.165, 1.54) is 154 Å². The Labute approximate surface area is 234 Å². The molecule has 0 aromatic carbocycles. The lowest BCUT2D eigenvalue weighted by Crippen LogP contribution is -2.18. The zero-order chi connectivity index (χ0) is 27.1. The van der Waals surface area contributed by atoms with Crippen LogP contribution < -0.4 is 0 Å². The fourth-order valence-electron chi connectivity index (χ4n) is 5.31. The van der Waals surface area contributed by atoms with Crippen molar-refractivity contribution in [3.8, 4) is 0 Å². The van der Waals surface area contributed by atoms with Crippen LogP contribution in [0, 0.1) is 0 Å². The Morgan fingerprint density at radius 3 is 1.30 bits per heavy atom. The Morgan fingerprint density at radius 1 is 0.541 bits per heavy atom. The zero-order valence-corrected chi connectivity index (χ0v) is 25.7. The topological polar surface area (TPSA) is 26.3 Å². The van der Waals surface area contributed by atoms with Gasteiger partial charge in [-0.25, -0.2) is 0 Å². The maximum Gasteiger partial charge on any atom is 0.306 e. The van der Waals surface area contributed by atoms with Crippen LogP contribution in [0.4, 0.5) is 0 Å². The fourth-order valence-corrected chi connectivity index (χ4v) is 5.31. The van der Waals surface area contributed by atoms with Gasteiger partial charge in [-0.2, -0.15) is 0 Å². The normalized spacial score (nSPS) is 12.1. The van der Waals surface area contributed by atoms with Crippen molar-refractivity contribution in [2.75, 3.05) is 0 Å². The van der Waals surface area contributed by atoms with Crippen molar-refractivity contribution in [1.29, 1.82) is 0 Å². The Bertz CT molecular complexity index is 458. The molecule has 0 heterocycles. The zero-order valence-electron chi connectivity index (χ0n) is 25.7. The Morgan fingerprint density at radius 2 is 0.892 bits per heavy atom. The SMILES string of the molecule is C=CCCCCCCCC(CCCCCCCCC)OC(=O)CCCCCCCCCCCCCCC. The van der Waals surface area contributed by atoms with Gasteiger partial charge in [0, 0.05) is 6.42 Å². The molecule has 0 fully saturated rings. The third kappa shape index (κ3) is 29.6. The highest BCUT2D eigenvalue weighted by Gasteiger charge is 2.14. The quantitative estimate of drug-likeness (QED) is 0.0516. The second kappa shape index (κ2) is 31.4. The molecule has 0 aromatic heterocycles. The van der Waals surface area contributed by atoms with Gasteiger partial charge in [-0.1, -0.05) is 155 Å². The molecule has 0 amide bonds. The van der Waals surface area contributed by atoms with Crippen LogP contribution >= 0.6 is 0 Å². The lowest BCUT2D eigenvalue weighted by molar-refractivity contribution is -0.150. The highest BCUT2D eigenvalue weighted by Crippen LogP contribution is 2.19. The summed E-state index contributed by atoms with van der Waals surface area (Å²) in [7, 11) is 0. The molecule has 0 spiro atoms. The molecule has 2 nitrogen and oxygen atoms in total. The summed E-state index contributed by atoms with van der Waals surface area (Å²) in [6.45, 7) is 8.37. The van der Waals surface area contributed by atoms with Gasteiger partial charge < -0.3 is 4.74 Å². The van der Waals surface area contributed by atoms with E-state index >= 15 is 0 Å². The maximum absolute atomic E-state index is 12.5. The van der Waals surface area contributed by atoms with Crippen LogP contribution in [0.25, 0.3) is 0 Å². The summed E-state index contributed by atoms with van der Waals surface area (Å²) in [5.74, 6) is 0.0574. The molecule has 0 bridgehead atoms. The van der Waals surface area contributed by atoms with E-state index in [4.69, 9.17) is 4.74 Å². The summed E-state index contributed by atoms with van der Waals surface area (Å²) >= 11 is 0. The van der Waals surface area contributed by atoms with Crippen molar-refractivity contribution >= 4 is 5.97 Å². The Balaban J connectivity index is 3.90. The van der Waals surface area contributed by atoms with Crippen molar-refractivity contribution < 1.29 is 9.53 Å². The van der Waals surface area contributed by atoms with Gasteiger partial charge in [0.2, 0.25) is 0 Å². The van der Waals surface area contributed by atoms with Crippen LogP contribution in [-0.2, 0) is 9.53 Å². The lowest BCUT2D eigenvalue weighted by atomic mass is 10.0. The van der Waals surface area contributed by atoms with E-state index in [2.05, 4.69) is 20.4 Å². The summed E-state index contributed by atoms with van der Waals surface area (Å²) in [6.07, 6.45) is 39.0. The highest BCUT2D eigenvalue weighted by atomic mass is 16.5. The number of hydrogen-bond acceptors (Lipinski definition) is 2. The second-order valence-corrected chi connectivity index (χ2v) is 11.6. The molecule has 37 heavy (non-hydrogen) atoms. The third-order valence-corrected chi connectivity index (χ3v) is 7.85. The molecular weight excluding hydrogens is 452 g/mol. The van der Waals surface area contributed by atoms with E-state index in [0.717, 1.165) is 25.7 Å². The molecular formula is C35H68O2. The number of rotatable bonds is 31. The van der Waals surface area contributed by atoms with Crippen molar-refractivity contribution in [3.63, 3.8) is 0 Å². The van der Waals surface area contributed by atoms with Crippen LogP contribution in [0.2, 0.25) is 0 Å². The monoisotopic (exact) mass is 521 g/mol. The molecule has 1 unspecified atom stereocenters. The molecule has 0 aliphatic carbocycles. The van der Waals surface area contributed by atoms with Crippen molar-refractivity contribution in [1.82, 2.24) is 0 Å². The summed E-state index contributed by atoms with van der Waals surface area (Å²) in [5, 5.41) is 0. The minimum atomic E-state index is 0.0574. The molecule has 0 radical (unpaired) electrons. The molecule has 0 rings (SSSR count). The predicted molar refractivity (Wildman–Crippen MR) is 165 cm³/mol. The van der Waals surface area contributed by atoms with Crippen molar-refractivity contribution in [2.24, 2.45) is 0 Å². The maximum atomic E-state index is 12.5. The van der Waals surface area contributed by atoms with Gasteiger partial charge in [0.05, 0.1) is 0 Å². The molecule has 0 N–H and O–H groups in total. The van der Waals surface area contributed by atoms with Crippen LogP contribution in [0.3, 0.4) is 0 Å². The Kier molecular flexibility index (Phi) is 30.8. The van der Waals surface area contributed by atoms with Gasteiger partial charge in [0.15, 0.2) is 0 Å². The molecule has 0 aliphatic heterocycles. The first-order valence-electron chi connectivity index (χ1n) is 17.0. The summed E-state index contributed by atoms with van der Waals surface area (Å²) in [5.41, 5.74) is 0. The average molecular weight is 521 g/mol. The molecule has 0 saturated heterocycles. The number of allylic oxidation sites excluding steroid dienone is 1. The average Bonchev–Trinajstić information content (AvgIpc) is 2.90. The predicted octanol–water partition coefficient (Wildman–Crippen LogP) is 12.4. The molecule has 2 heteroatoms. The molecule has 0 aliphatic rings. The van der Waals surface area contributed by atoms with Crippen LogP contribution in [0.1, 0.15) is 200 Å². The first kappa shape index (κ1) is 36.2. The van der Waals surface area contributed by atoms with E-state index in [1.807, 2.05) is 6.08 Å². The van der Waals surface area contributed by atoms with Gasteiger partial charge in [0.25, 0.3) is 0 Å². The summed E-state index contributed by atoms with van der Waals surface area (Å²) < 4.78 is 6.00. The third-order valence-electron chi connectivity index (χ3n) is 7.85. The van der Waals surface area contributed by atoms with E-state index in [1.54, 1.807) is 0 Å². The summed E-state index contributed by atoms with van der Waals surface area (Å²) in [4.78, 5) is 12.5. The first-order valence-corrected chi connectivity index (χ1v) is 17.0. The molecule has 0 aromatic rings. The summed E-state index contributed by atoms with van der Waals surface area (Å²) in [6, 6.07) is 0. The van der Waals surface area contributed by atoms with Gasteiger partial charge in [0.1, 0.15) is 6.10 Å².